The van der Waals surface area contributed by atoms with Crippen LogP contribution < -0.4 is 5.73 Å². The van der Waals surface area contributed by atoms with Gasteiger partial charge in [-0.15, -0.1) is 0 Å². The number of nitrogens with two attached hydrogens (primary N) is 1. The maximum Gasteiger partial charge on any atom is 0.0124 e. The third-order valence-electron chi connectivity index (χ3n) is 4.99. The lowest BCUT2D eigenvalue weighted by atomic mass is 9.78. The van der Waals surface area contributed by atoms with Crippen molar-refractivity contribution in [1.29, 1.82) is 0 Å². The molecule has 106 valence electrons. The highest BCUT2D eigenvalue weighted by atomic mass is 15.2. The van der Waals surface area contributed by atoms with Gasteiger partial charge in [0.25, 0.3) is 0 Å². The Hall–Kier alpha value is -0.0800. The van der Waals surface area contributed by atoms with E-state index in [1.54, 1.807) is 0 Å². The standard InChI is InChI=1S/C16H32N2/c1-13(2)10-14(11-17)12-18-9-5-7-15-6-3-4-8-16(15)18/h13-16H,3-12,17H2,1-2H3. The summed E-state index contributed by atoms with van der Waals surface area (Å²) in [5.41, 5.74) is 5.98. The van der Waals surface area contributed by atoms with Crippen LogP contribution in [0.3, 0.4) is 0 Å². The molecular formula is C16H32N2. The molecule has 2 N–H and O–H groups in total. The predicted octanol–water partition coefficient (Wildman–Crippen LogP) is 3.26. The zero-order valence-electron chi connectivity index (χ0n) is 12.4. The zero-order valence-corrected chi connectivity index (χ0v) is 12.4. The fraction of sp³-hybridized carbons (Fsp3) is 1.00. The molecule has 0 radical (unpaired) electrons. The maximum atomic E-state index is 5.98. The topological polar surface area (TPSA) is 29.3 Å². The van der Waals surface area contributed by atoms with Crippen LogP contribution in [0, 0.1) is 17.8 Å². The number of fused-ring (bicyclic) bond motifs is 1. The second-order valence-electron chi connectivity index (χ2n) is 6.98. The van der Waals surface area contributed by atoms with Gasteiger partial charge in [-0.05, 0) is 62.9 Å². The Kier molecular flexibility index (Phi) is 5.50. The number of hydrogen-bond acceptors (Lipinski definition) is 2. The molecule has 0 amide bonds. The summed E-state index contributed by atoms with van der Waals surface area (Å²) in [6.07, 6.45) is 10.1. The van der Waals surface area contributed by atoms with Gasteiger partial charge in [0.05, 0.1) is 0 Å². The highest BCUT2D eigenvalue weighted by Crippen LogP contribution is 2.35. The highest BCUT2D eigenvalue weighted by molar-refractivity contribution is 4.88. The van der Waals surface area contributed by atoms with Gasteiger partial charge in [0, 0.05) is 12.6 Å². The van der Waals surface area contributed by atoms with E-state index in [2.05, 4.69) is 18.7 Å². The van der Waals surface area contributed by atoms with Gasteiger partial charge in [0.15, 0.2) is 0 Å². The SMILES string of the molecule is CC(C)CC(CN)CN1CCCC2CCCCC21. The Morgan fingerprint density at radius 2 is 1.83 bits per heavy atom. The van der Waals surface area contributed by atoms with Crippen molar-refractivity contribution < 1.29 is 0 Å². The Bertz CT molecular complexity index is 237. The van der Waals surface area contributed by atoms with E-state index in [9.17, 15) is 0 Å². The maximum absolute atomic E-state index is 5.98. The second kappa shape index (κ2) is 6.91. The molecule has 18 heavy (non-hydrogen) atoms. The lowest BCUT2D eigenvalue weighted by Crippen LogP contribution is -2.49. The first-order chi connectivity index (χ1) is 8.70. The number of hydrogen-bond donors (Lipinski definition) is 1. The Labute approximate surface area is 113 Å². The van der Waals surface area contributed by atoms with Gasteiger partial charge in [0.1, 0.15) is 0 Å². The average molecular weight is 252 g/mol. The van der Waals surface area contributed by atoms with Crippen LogP contribution in [0.2, 0.25) is 0 Å². The lowest BCUT2D eigenvalue weighted by Gasteiger charge is -2.45. The van der Waals surface area contributed by atoms with Crippen molar-refractivity contribution in [3.63, 3.8) is 0 Å². The summed E-state index contributed by atoms with van der Waals surface area (Å²) in [7, 11) is 0. The molecule has 1 heterocycles. The van der Waals surface area contributed by atoms with Crippen molar-refractivity contribution in [3.05, 3.63) is 0 Å². The van der Waals surface area contributed by atoms with E-state index in [-0.39, 0.29) is 0 Å². The van der Waals surface area contributed by atoms with Crippen LogP contribution >= 0.6 is 0 Å². The molecule has 3 unspecified atom stereocenters. The van der Waals surface area contributed by atoms with Gasteiger partial charge < -0.3 is 5.73 Å². The summed E-state index contributed by atoms with van der Waals surface area (Å²) in [5.74, 6) is 2.50. The van der Waals surface area contributed by atoms with Gasteiger partial charge in [-0.25, -0.2) is 0 Å². The molecule has 1 aliphatic heterocycles. The summed E-state index contributed by atoms with van der Waals surface area (Å²) < 4.78 is 0. The van der Waals surface area contributed by atoms with Gasteiger partial charge in [-0.2, -0.15) is 0 Å². The van der Waals surface area contributed by atoms with Gasteiger partial charge in [-0.1, -0.05) is 26.7 Å². The van der Waals surface area contributed by atoms with Crippen molar-refractivity contribution in [3.8, 4) is 0 Å². The van der Waals surface area contributed by atoms with Crippen LogP contribution in [0.5, 0.6) is 0 Å². The molecule has 2 nitrogen and oxygen atoms in total. The minimum absolute atomic E-state index is 0.714. The van der Waals surface area contributed by atoms with Crippen molar-refractivity contribution in [2.45, 2.75) is 64.8 Å². The summed E-state index contributed by atoms with van der Waals surface area (Å²) in [6, 6.07) is 0.897. The average Bonchev–Trinajstić information content (AvgIpc) is 2.38. The molecule has 0 spiro atoms. The highest BCUT2D eigenvalue weighted by Gasteiger charge is 2.33. The monoisotopic (exact) mass is 252 g/mol. The zero-order chi connectivity index (χ0) is 13.0. The van der Waals surface area contributed by atoms with E-state index in [1.165, 1.54) is 58.0 Å². The molecular weight excluding hydrogens is 220 g/mol. The van der Waals surface area contributed by atoms with Crippen molar-refractivity contribution >= 4 is 0 Å². The Balaban J connectivity index is 1.89. The fourth-order valence-electron chi connectivity index (χ4n) is 4.20. The molecule has 1 aliphatic carbocycles. The molecule has 2 heteroatoms. The fourth-order valence-corrected chi connectivity index (χ4v) is 4.20. The van der Waals surface area contributed by atoms with Crippen LogP contribution in [0.15, 0.2) is 0 Å². The van der Waals surface area contributed by atoms with Crippen molar-refractivity contribution in [2.75, 3.05) is 19.6 Å². The number of nitrogens with zero attached hydrogens (tertiary/aromatic N) is 1. The smallest absolute Gasteiger partial charge is 0.0124 e. The molecule has 0 aromatic rings. The first-order valence-electron chi connectivity index (χ1n) is 8.14. The number of likely N-dealkylation sites (tertiary alicyclic amines) is 1. The molecule has 1 saturated carbocycles. The molecule has 0 aromatic carbocycles. The summed E-state index contributed by atoms with van der Waals surface area (Å²) >= 11 is 0. The molecule has 2 rings (SSSR count). The predicted molar refractivity (Wildman–Crippen MR) is 78.6 cm³/mol. The Morgan fingerprint density at radius 1 is 1.11 bits per heavy atom. The quantitative estimate of drug-likeness (QED) is 0.814. The van der Waals surface area contributed by atoms with E-state index in [0.29, 0.717) is 5.92 Å². The summed E-state index contributed by atoms with van der Waals surface area (Å²) in [4.78, 5) is 2.80. The Morgan fingerprint density at radius 3 is 2.56 bits per heavy atom. The third kappa shape index (κ3) is 3.71. The van der Waals surface area contributed by atoms with Gasteiger partial charge in [-0.3, -0.25) is 4.90 Å². The normalized spacial score (nSPS) is 31.3. The number of rotatable bonds is 5. The lowest BCUT2D eigenvalue weighted by molar-refractivity contribution is 0.0463. The third-order valence-corrected chi connectivity index (χ3v) is 4.99. The van der Waals surface area contributed by atoms with E-state index in [1.807, 2.05) is 0 Å². The van der Waals surface area contributed by atoms with E-state index in [0.717, 1.165) is 24.4 Å². The van der Waals surface area contributed by atoms with Gasteiger partial charge in [0.2, 0.25) is 0 Å². The van der Waals surface area contributed by atoms with Crippen LogP contribution in [-0.2, 0) is 0 Å². The molecule has 2 fully saturated rings. The molecule has 2 aliphatic rings. The van der Waals surface area contributed by atoms with Crippen molar-refractivity contribution in [2.24, 2.45) is 23.5 Å². The summed E-state index contributed by atoms with van der Waals surface area (Å²) in [6.45, 7) is 8.10. The largest absolute Gasteiger partial charge is 0.330 e. The van der Waals surface area contributed by atoms with Gasteiger partial charge >= 0.3 is 0 Å². The van der Waals surface area contributed by atoms with Crippen molar-refractivity contribution in [1.82, 2.24) is 4.90 Å². The molecule has 0 aromatic heterocycles. The molecule has 3 atom stereocenters. The molecule has 0 bridgehead atoms. The van der Waals surface area contributed by atoms with Crippen LogP contribution in [0.1, 0.15) is 58.8 Å². The van der Waals surface area contributed by atoms with E-state index < -0.39 is 0 Å². The van der Waals surface area contributed by atoms with Crippen LogP contribution in [-0.4, -0.2) is 30.6 Å². The molecule has 1 saturated heterocycles. The first kappa shape index (κ1) is 14.3. The number of piperidine rings is 1. The van der Waals surface area contributed by atoms with Crippen LogP contribution in [0.25, 0.3) is 0 Å². The van der Waals surface area contributed by atoms with E-state index in [4.69, 9.17) is 5.73 Å². The minimum atomic E-state index is 0.714. The minimum Gasteiger partial charge on any atom is -0.330 e. The van der Waals surface area contributed by atoms with Crippen LogP contribution in [0.4, 0.5) is 0 Å². The first-order valence-corrected chi connectivity index (χ1v) is 8.14. The van der Waals surface area contributed by atoms with E-state index >= 15 is 0 Å². The summed E-state index contributed by atoms with van der Waals surface area (Å²) in [5, 5.41) is 0. The second-order valence-corrected chi connectivity index (χ2v) is 6.98.